The van der Waals surface area contributed by atoms with Crippen LogP contribution in [-0.2, 0) is 11.2 Å². The van der Waals surface area contributed by atoms with Crippen molar-refractivity contribution in [1.82, 2.24) is 9.88 Å². The van der Waals surface area contributed by atoms with Crippen LogP contribution < -0.4 is 0 Å². The number of nitrogens with zero attached hydrogens (tertiary/aromatic N) is 2. The molecular formula is C21H22N2OS. The molecule has 128 valence electrons. The highest BCUT2D eigenvalue weighted by molar-refractivity contribution is 7.18. The second-order valence-electron chi connectivity index (χ2n) is 6.64. The van der Waals surface area contributed by atoms with Gasteiger partial charge >= 0.3 is 0 Å². The van der Waals surface area contributed by atoms with Crippen molar-refractivity contribution in [2.75, 3.05) is 13.1 Å². The minimum atomic E-state index is 0.269. The van der Waals surface area contributed by atoms with E-state index < -0.39 is 0 Å². The van der Waals surface area contributed by atoms with Crippen LogP contribution in [0.15, 0.2) is 54.6 Å². The third kappa shape index (κ3) is 3.74. The van der Waals surface area contributed by atoms with Gasteiger partial charge in [-0.2, -0.15) is 0 Å². The third-order valence-electron chi connectivity index (χ3n) is 5.01. The molecule has 0 unspecified atom stereocenters. The number of likely N-dealkylation sites (tertiary alicyclic amines) is 1. The van der Waals surface area contributed by atoms with Crippen molar-refractivity contribution in [2.45, 2.75) is 31.6 Å². The Kier molecular flexibility index (Phi) is 4.79. The lowest BCUT2D eigenvalue weighted by atomic mass is 9.89. The Morgan fingerprint density at radius 2 is 1.76 bits per heavy atom. The minimum absolute atomic E-state index is 0.269. The van der Waals surface area contributed by atoms with Gasteiger partial charge in [-0.15, -0.1) is 11.3 Å². The summed E-state index contributed by atoms with van der Waals surface area (Å²) in [5.41, 5.74) is 2.45. The molecule has 2 aromatic carbocycles. The summed E-state index contributed by atoms with van der Waals surface area (Å²) in [5, 5.41) is 1.06. The van der Waals surface area contributed by atoms with Gasteiger partial charge in [0.05, 0.1) is 15.2 Å². The highest BCUT2D eigenvalue weighted by Crippen LogP contribution is 2.28. The van der Waals surface area contributed by atoms with Crippen LogP contribution in [0, 0.1) is 0 Å². The van der Waals surface area contributed by atoms with E-state index in [2.05, 4.69) is 41.4 Å². The Hall–Kier alpha value is -2.20. The van der Waals surface area contributed by atoms with E-state index in [-0.39, 0.29) is 5.91 Å². The zero-order valence-electron chi connectivity index (χ0n) is 14.2. The number of fused-ring (bicyclic) bond motifs is 1. The van der Waals surface area contributed by atoms with Crippen LogP contribution >= 0.6 is 11.3 Å². The maximum Gasteiger partial charge on any atom is 0.222 e. The largest absolute Gasteiger partial charge is 0.343 e. The molecule has 1 aliphatic heterocycles. The van der Waals surface area contributed by atoms with E-state index in [1.54, 1.807) is 11.3 Å². The molecule has 0 aliphatic carbocycles. The number of benzene rings is 2. The van der Waals surface area contributed by atoms with Gasteiger partial charge in [-0.1, -0.05) is 42.5 Å². The lowest BCUT2D eigenvalue weighted by Gasteiger charge is -2.32. The van der Waals surface area contributed by atoms with Crippen LogP contribution in [0.2, 0.25) is 0 Å². The fraction of sp³-hybridized carbons (Fsp3) is 0.333. The van der Waals surface area contributed by atoms with Crippen LogP contribution in [0.3, 0.4) is 0 Å². The number of hydrogen-bond acceptors (Lipinski definition) is 3. The number of thiazole rings is 1. The van der Waals surface area contributed by atoms with E-state index >= 15 is 0 Å². The quantitative estimate of drug-likeness (QED) is 0.687. The Morgan fingerprint density at radius 1 is 1.04 bits per heavy atom. The molecule has 3 aromatic rings. The minimum Gasteiger partial charge on any atom is -0.343 e. The molecule has 25 heavy (non-hydrogen) atoms. The topological polar surface area (TPSA) is 33.2 Å². The number of amides is 1. The van der Waals surface area contributed by atoms with Crippen LogP contribution in [0.25, 0.3) is 10.2 Å². The van der Waals surface area contributed by atoms with Crippen molar-refractivity contribution in [3.05, 3.63) is 65.2 Å². The number of rotatable bonds is 4. The maximum atomic E-state index is 12.5. The molecule has 0 spiro atoms. The van der Waals surface area contributed by atoms with E-state index in [0.717, 1.165) is 42.9 Å². The molecule has 0 bridgehead atoms. The van der Waals surface area contributed by atoms with Crippen LogP contribution in [-0.4, -0.2) is 28.9 Å². The van der Waals surface area contributed by atoms with Gasteiger partial charge in [-0.25, -0.2) is 4.98 Å². The van der Waals surface area contributed by atoms with E-state index in [4.69, 9.17) is 0 Å². The van der Waals surface area contributed by atoms with Gasteiger partial charge in [0.25, 0.3) is 0 Å². The number of hydrogen-bond donors (Lipinski definition) is 0. The van der Waals surface area contributed by atoms with Crippen LogP contribution in [0.4, 0.5) is 0 Å². The zero-order valence-corrected chi connectivity index (χ0v) is 15.0. The Labute approximate surface area is 152 Å². The Balaban J connectivity index is 1.30. The standard InChI is InChI=1S/C21H22N2OS/c24-21(11-10-20-22-18-8-4-5-9-19(18)25-20)23-14-12-17(13-15-23)16-6-2-1-3-7-16/h1-9,17H,10-15H2. The predicted octanol–water partition coefficient (Wildman–Crippen LogP) is 4.64. The zero-order chi connectivity index (χ0) is 17.1. The highest BCUT2D eigenvalue weighted by Gasteiger charge is 2.23. The summed E-state index contributed by atoms with van der Waals surface area (Å²) in [6.07, 6.45) is 3.44. The number of carbonyl (C=O) groups excluding carboxylic acids is 1. The summed E-state index contributed by atoms with van der Waals surface area (Å²) in [5.74, 6) is 0.861. The monoisotopic (exact) mass is 350 g/mol. The highest BCUT2D eigenvalue weighted by atomic mass is 32.1. The average Bonchev–Trinajstić information content (AvgIpc) is 3.10. The first-order valence-corrected chi connectivity index (χ1v) is 9.78. The van der Waals surface area contributed by atoms with Crippen molar-refractivity contribution in [3.8, 4) is 0 Å². The predicted molar refractivity (Wildman–Crippen MR) is 103 cm³/mol. The van der Waals surface area contributed by atoms with E-state index in [9.17, 15) is 4.79 Å². The van der Waals surface area contributed by atoms with Crippen molar-refractivity contribution in [2.24, 2.45) is 0 Å². The SMILES string of the molecule is O=C(CCc1nc2ccccc2s1)N1CCC(c2ccccc2)CC1. The van der Waals surface area contributed by atoms with Gasteiger partial charge in [-0.3, -0.25) is 4.79 Å². The number of aryl methyl sites for hydroxylation is 1. The summed E-state index contributed by atoms with van der Waals surface area (Å²) >= 11 is 1.70. The molecule has 3 nitrogen and oxygen atoms in total. The van der Waals surface area contributed by atoms with Gasteiger partial charge in [0, 0.05) is 25.9 Å². The van der Waals surface area contributed by atoms with Crippen LogP contribution in [0.1, 0.15) is 35.8 Å². The van der Waals surface area contributed by atoms with E-state index in [0.29, 0.717) is 12.3 Å². The summed E-state index contributed by atoms with van der Waals surface area (Å²) in [7, 11) is 0. The van der Waals surface area contributed by atoms with Gasteiger partial charge in [0.2, 0.25) is 5.91 Å². The molecule has 4 rings (SSSR count). The molecule has 0 radical (unpaired) electrons. The molecule has 0 saturated carbocycles. The number of carbonyl (C=O) groups is 1. The fourth-order valence-corrected chi connectivity index (χ4v) is 4.55. The molecular weight excluding hydrogens is 328 g/mol. The molecule has 0 N–H and O–H groups in total. The molecule has 1 aliphatic rings. The summed E-state index contributed by atoms with van der Waals surface area (Å²) in [6.45, 7) is 1.75. The summed E-state index contributed by atoms with van der Waals surface area (Å²) in [6, 6.07) is 18.8. The van der Waals surface area contributed by atoms with Gasteiger partial charge < -0.3 is 4.90 Å². The molecule has 0 atom stereocenters. The maximum absolute atomic E-state index is 12.5. The molecule has 4 heteroatoms. The Morgan fingerprint density at radius 3 is 2.52 bits per heavy atom. The normalized spacial score (nSPS) is 15.6. The van der Waals surface area contributed by atoms with E-state index in [1.807, 2.05) is 23.1 Å². The summed E-state index contributed by atoms with van der Waals surface area (Å²) in [4.78, 5) is 19.2. The Bertz CT molecular complexity index is 817. The van der Waals surface area contributed by atoms with Crippen molar-refractivity contribution in [3.63, 3.8) is 0 Å². The fourth-order valence-electron chi connectivity index (χ4n) is 3.59. The second kappa shape index (κ2) is 7.36. The third-order valence-corrected chi connectivity index (χ3v) is 6.11. The van der Waals surface area contributed by atoms with Crippen molar-refractivity contribution in [1.29, 1.82) is 0 Å². The molecule has 1 aromatic heterocycles. The molecule has 1 amide bonds. The lowest BCUT2D eigenvalue weighted by Crippen LogP contribution is -2.38. The first-order chi connectivity index (χ1) is 12.3. The van der Waals surface area contributed by atoms with Gasteiger partial charge in [0.1, 0.15) is 0 Å². The second-order valence-corrected chi connectivity index (χ2v) is 7.76. The number of piperidine rings is 1. The molecule has 1 saturated heterocycles. The van der Waals surface area contributed by atoms with Crippen molar-refractivity contribution < 1.29 is 4.79 Å². The van der Waals surface area contributed by atoms with Crippen molar-refractivity contribution >= 4 is 27.5 Å². The smallest absolute Gasteiger partial charge is 0.222 e. The molecule has 2 heterocycles. The van der Waals surface area contributed by atoms with E-state index in [1.165, 1.54) is 10.3 Å². The average molecular weight is 350 g/mol. The lowest BCUT2D eigenvalue weighted by molar-refractivity contribution is -0.132. The molecule has 1 fully saturated rings. The number of para-hydroxylation sites is 1. The van der Waals surface area contributed by atoms with Crippen LogP contribution in [0.5, 0.6) is 0 Å². The van der Waals surface area contributed by atoms with Gasteiger partial charge in [0.15, 0.2) is 0 Å². The first-order valence-electron chi connectivity index (χ1n) is 8.97. The summed E-state index contributed by atoms with van der Waals surface area (Å²) < 4.78 is 1.20. The first kappa shape index (κ1) is 16.3. The number of aromatic nitrogens is 1. The van der Waals surface area contributed by atoms with Gasteiger partial charge in [-0.05, 0) is 36.5 Å².